The lowest BCUT2D eigenvalue weighted by Gasteiger charge is -2.10. The fourth-order valence-electron chi connectivity index (χ4n) is 0.629. The third-order valence-electron chi connectivity index (χ3n) is 1.30. The van der Waals surface area contributed by atoms with Gasteiger partial charge in [-0.05, 0) is 12.8 Å². The lowest BCUT2D eigenvalue weighted by atomic mass is 10.2. The van der Waals surface area contributed by atoms with E-state index in [4.69, 9.17) is 9.47 Å². The van der Waals surface area contributed by atoms with Gasteiger partial charge >= 0.3 is 0 Å². The van der Waals surface area contributed by atoms with Gasteiger partial charge in [0.05, 0.1) is 6.10 Å². The summed E-state index contributed by atoms with van der Waals surface area (Å²) < 4.78 is 9.93. The maximum absolute atomic E-state index is 5.06. The molecular formula is C7H15O2. The van der Waals surface area contributed by atoms with Crippen LogP contribution in [0, 0.1) is 6.92 Å². The number of hydrogen-bond acceptors (Lipinski definition) is 2. The van der Waals surface area contributed by atoms with Crippen LogP contribution in [-0.4, -0.2) is 26.9 Å². The Morgan fingerprint density at radius 3 is 2.44 bits per heavy atom. The van der Waals surface area contributed by atoms with Gasteiger partial charge in [0.25, 0.3) is 0 Å². The van der Waals surface area contributed by atoms with E-state index < -0.39 is 0 Å². The highest BCUT2D eigenvalue weighted by atomic mass is 16.5. The van der Waals surface area contributed by atoms with Crippen molar-refractivity contribution in [1.82, 2.24) is 0 Å². The van der Waals surface area contributed by atoms with Crippen molar-refractivity contribution in [2.24, 2.45) is 0 Å². The van der Waals surface area contributed by atoms with Crippen LogP contribution in [0.25, 0.3) is 0 Å². The van der Waals surface area contributed by atoms with E-state index >= 15 is 0 Å². The van der Waals surface area contributed by atoms with Crippen molar-refractivity contribution >= 4 is 0 Å². The van der Waals surface area contributed by atoms with Crippen LogP contribution in [0.3, 0.4) is 0 Å². The van der Waals surface area contributed by atoms with Crippen molar-refractivity contribution in [2.75, 3.05) is 20.8 Å². The number of ether oxygens (including phenoxy) is 2. The Morgan fingerprint density at radius 2 is 2.11 bits per heavy atom. The average Bonchev–Trinajstić information content (AvgIpc) is 1.91. The van der Waals surface area contributed by atoms with E-state index in [9.17, 15) is 0 Å². The van der Waals surface area contributed by atoms with Gasteiger partial charge in [0.2, 0.25) is 0 Å². The molecule has 0 aromatic heterocycles. The summed E-state index contributed by atoms with van der Waals surface area (Å²) in [5.41, 5.74) is 0. The van der Waals surface area contributed by atoms with Gasteiger partial charge in [-0.1, -0.05) is 6.92 Å². The maximum atomic E-state index is 5.06. The van der Waals surface area contributed by atoms with Gasteiger partial charge in [-0.15, -0.1) is 0 Å². The zero-order valence-electron chi connectivity index (χ0n) is 6.22. The van der Waals surface area contributed by atoms with Crippen LogP contribution >= 0.6 is 0 Å². The number of rotatable bonds is 5. The van der Waals surface area contributed by atoms with E-state index in [1.165, 1.54) is 0 Å². The Morgan fingerprint density at radius 1 is 1.44 bits per heavy atom. The minimum absolute atomic E-state index is 0.268. The van der Waals surface area contributed by atoms with E-state index in [2.05, 4.69) is 6.92 Å². The second-order valence-electron chi connectivity index (χ2n) is 1.93. The molecule has 2 heteroatoms. The normalized spacial score (nSPS) is 13.7. The number of methoxy groups -OCH3 is 2. The molecule has 0 aliphatic rings. The molecule has 0 rings (SSSR count). The van der Waals surface area contributed by atoms with Crippen LogP contribution in [0.4, 0.5) is 0 Å². The lowest BCUT2D eigenvalue weighted by Crippen LogP contribution is -2.11. The molecule has 9 heavy (non-hydrogen) atoms. The van der Waals surface area contributed by atoms with Crippen LogP contribution in [0.2, 0.25) is 0 Å². The molecule has 0 amide bonds. The van der Waals surface area contributed by atoms with E-state index in [-0.39, 0.29) is 6.10 Å². The summed E-state index contributed by atoms with van der Waals surface area (Å²) in [6.45, 7) is 4.49. The van der Waals surface area contributed by atoms with E-state index in [1.54, 1.807) is 14.2 Å². The first-order valence-corrected chi connectivity index (χ1v) is 3.16. The molecule has 0 aliphatic carbocycles. The second-order valence-corrected chi connectivity index (χ2v) is 1.93. The van der Waals surface area contributed by atoms with Crippen LogP contribution < -0.4 is 0 Å². The molecule has 1 unspecified atom stereocenters. The third kappa shape index (κ3) is 4.43. The molecule has 1 atom stereocenters. The largest absolute Gasteiger partial charge is 0.385 e. The van der Waals surface area contributed by atoms with Crippen molar-refractivity contribution in [2.45, 2.75) is 18.9 Å². The summed E-state index contributed by atoms with van der Waals surface area (Å²) in [5, 5.41) is 0. The number of hydrogen-bond donors (Lipinski definition) is 0. The summed E-state index contributed by atoms with van der Waals surface area (Å²) >= 11 is 0. The topological polar surface area (TPSA) is 18.5 Å². The Labute approximate surface area is 57.2 Å². The van der Waals surface area contributed by atoms with Crippen LogP contribution in [0.1, 0.15) is 12.8 Å². The predicted molar refractivity (Wildman–Crippen MR) is 37.3 cm³/mol. The maximum Gasteiger partial charge on any atom is 0.0593 e. The molecule has 55 valence electrons. The summed E-state index contributed by atoms with van der Waals surface area (Å²) in [5.74, 6) is 0. The third-order valence-corrected chi connectivity index (χ3v) is 1.30. The van der Waals surface area contributed by atoms with Gasteiger partial charge in [0, 0.05) is 20.8 Å². The van der Waals surface area contributed by atoms with Gasteiger partial charge in [0.15, 0.2) is 0 Å². The van der Waals surface area contributed by atoms with Gasteiger partial charge in [-0.25, -0.2) is 0 Å². The summed E-state index contributed by atoms with van der Waals surface area (Å²) in [7, 11) is 3.39. The first-order valence-electron chi connectivity index (χ1n) is 3.16. The van der Waals surface area contributed by atoms with E-state index in [1.807, 2.05) is 0 Å². The molecule has 0 heterocycles. The SMILES string of the molecule is [CH2]CC(CCOC)OC. The average molecular weight is 131 g/mol. The van der Waals surface area contributed by atoms with Crippen molar-refractivity contribution in [3.05, 3.63) is 6.92 Å². The van der Waals surface area contributed by atoms with Gasteiger partial charge in [-0.3, -0.25) is 0 Å². The Balaban J connectivity index is 3.09. The zero-order chi connectivity index (χ0) is 7.11. The van der Waals surface area contributed by atoms with Gasteiger partial charge in [-0.2, -0.15) is 0 Å². The minimum atomic E-state index is 0.268. The van der Waals surface area contributed by atoms with Gasteiger partial charge in [0.1, 0.15) is 0 Å². The quantitative estimate of drug-likeness (QED) is 0.559. The molecule has 1 radical (unpaired) electrons. The second kappa shape index (κ2) is 6.05. The molecule has 2 nitrogen and oxygen atoms in total. The fraction of sp³-hybridized carbons (Fsp3) is 0.857. The van der Waals surface area contributed by atoms with Crippen molar-refractivity contribution in [3.8, 4) is 0 Å². The first kappa shape index (κ1) is 8.92. The Hall–Kier alpha value is -0.0800. The molecular weight excluding hydrogens is 116 g/mol. The van der Waals surface area contributed by atoms with Crippen molar-refractivity contribution < 1.29 is 9.47 Å². The Kier molecular flexibility index (Phi) is 5.99. The van der Waals surface area contributed by atoms with Crippen LogP contribution in [-0.2, 0) is 9.47 Å². The standard InChI is InChI=1S/C7H15O2/c1-4-7(9-3)5-6-8-2/h7H,1,4-6H2,2-3H3. The molecule has 0 N–H and O–H groups in total. The molecule has 0 aromatic carbocycles. The summed E-state index contributed by atoms with van der Waals surface area (Å²) in [4.78, 5) is 0. The highest BCUT2D eigenvalue weighted by molar-refractivity contribution is 4.57. The lowest BCUT2D eigenvalue weighted by molar-refractivity contribution is 0.0681. The molecule has 0 bridgehead atoms. The minimum Gasteiger partial charge on any atom is -0.385 e. The molecule has 0 saturated heterocycles. The predicted octanol–water partition coefficient (Wildman–Crippen LogP) is 1.26. The van der Waals surface area contributed by atoms with Crippen molar-refractivity contribution in [1.29, 1.82) is 0 Å². The summed E-state index contributed by atoms with van der Waals surface area (Å²) in [6.07, 6.45) is 2.03. The molecule has 0 aromatic rings. The zero-order valence-corrected chi connectivity index (χ0v) is 6.22. The highest BCUT2D eigenvalue weighted by Crippen LogP contribution is 2.00. The Bertz CT molecular complexity index is 50.9. The van der Waals surface area contributed by atoms with Crippen LogP contribution in [0.15, 0.2) is 0 Å². The smallest absolute Gasteiger partial charge is 0.0593 e. The monoisotopic (exact) mass is 131 g/mol. The highest BCUT2D eigenvalue weighted by Gasteiger charge is 2.01. The van der Waals surface area contributed by atoms with E-state index in [0.717, 1.165) is 19.4 Å². The van der Waals surface area contributed by atoms with Gasteiger partial charge < -0.3 is 9.47 Å². The molecule has 0 aliphatic heterocycles. The fourth-order valence-corrected chi connectivity index (χ4v) is 0.629. The molecule has 0 spiro atoms. The van der Waals surface area contributed by atoms with Crippen molar-refractivity contribution in [3.63, 3.8) is 0 Å². The van der Waals surface area contributed by atoms with Crippen LogP contribution in [0.5, 0.6) is 0 Å². The first-order chi connectivity index (χ1) is 4.35. The van der Waals surface area contributed by atoms with E-state index in [0.29, 0.717) is 0 Å². The summed E-state index contributed by atoms with van der Waals surface area (Å²) in [6, 6.07) is 0. The molecule has 0 saturated carbocycles. The molecule has 0 fully saturated rings.